The van der Waals surface area contributed by atoms with E-state index >= 15 is 0 Å². The van der Waals surface area contributed by atoms with Crippen molar-refractivity contribution in [2.24, 2.45) is 7.05 Å². The predicted octanol–water partition coefficient (Wildman–Crippen LogP) is 4.53. The number of aryl methyl sites for hydroxylation is 1. The Labute approximate surface area is 132 Å². The molecule has 0 fully saturated rings. The van der Waals surface area contributed by atoms with Crippen LogP contribution in [0, 0.1) is 12.7 Å². The fourth-order valence-corrected chi connectivity index (χ4v) is 2.65. The van der Waals surface area contributed by atoms with Crippen LogP contribution in [0.1, 0.15) is 16.1 Å². The number of carbonyl (C=O) groups excluding carboxylic acids is 1. The van der Waals surface area contributed by atoms with Gasteiger partial charge in [-0.3, -0.25) is 4.79 Å². The minimum absolute atomic E-state index is 0.302. The number of carbonyl (C=O) groups is 1. The Bertz CT molecular complexity index is 886. The van der Waals surface area contributed by atoms with E-state index in [4.69, 9.17) is 11.6 Å². The normalized spacial score (nSPS) is 10.9. The van der Waals surface area contributed by atoms with E-state index in [1.165, 1.54) is 6.07 Å². The highest BCUT2D eigenvalue weighted by molar-refractivity contribution is 6.31. The van der Waals surface area contributed by atoms with Crippen molar-refractivity contribution in [1.82, 2.24) is 4.57 Å². The number of benzene rings is 2. The second-order valence-electron chi connectivity index (χ2n) is 5.13. The molecule has 1 aromatic heterocycles. The fraction of sp³-hybridized carbons (Fsp3) is 0.118. The average Bonchev–Trinajstić information content (AvgIpc) is 2.83. The van der Waals surface area contributed by atoms with Crippen LogP contribution in [-0.4, -0.2) is 10.5 Å². The number of amides is 1. The third-order valence-corrected chi connectivity index (χ3v) is 4.19. The Hall–Kier alpha value is -2.33. The highest BCUT2D eigenvalue weighted by atomic mass is 35.5. The van der Waals surface area contributed by atoms with Gasteiger partial charge in [-0.2, -0.15) is 0 Å². The average molecular weight is 317 g/mol. The summed E-state index contributed by atoms with van der Waals surface area (Å²) in [7, 11) is 1.74. The van der Waals surface area contributed by atoms with Gasteiger partial charge < -0.3 is 9.88 Å². The van der Waals surface area contributed by atoms with Crippen LogP contribution in [0.3, 0.4) is 0 Å². The minimum Gasteiger partial charge on any atom is -0.340 e. The number of hydrogen-bond acceptors (Lipinski definition) is 1. The second kappa shape index (κ2) is 5.46. The van der Waals surface area contributed by atoms with Crippen LogP contribution in [0.2, 0.25) is 5.02 Å². The van der Waals surface area contributed by atoms with Crippen LogP contribution in [0.25, 0.3) is 10.9 Å². The molecule has 1 heterocycles. The molecule has 3 aromatic rings. The molecule has 0 radical (unpaired) electrons. The number of aromatic nitrogens is 1. The lowest BCUT2D eigenvalue weighted by Gasteiger charge is -2.10. The number of rotatable bonds is 2. The molecule has 5 heteroatoms. The summed E-state index contributed by atoms with van der Waals surface area (Å²) in [6, 6.07) is 11.7. The number of hydrogen-bond donors (Lipinski definition) is 1. The summed E-state index contributed by atoms with van der Waals surface area (Å²) in [5.41, 5.74) is 2.50. The summed E-state index contributed by atoms with van der Waals surface area (Å²) >= 11 is 6.05. The van der Waals surface area contributed by atoms with E-state index in [9.17, 15) is 9.18 Å². The van der Waals surface area contributed by atoms with Gasteiger partial charge in [-0.15, -0.1) is 0 Å². The van der Waals surface area contributed by atoms with Crippen molar-refractivity contribution in [2.45, 2.75) is 6.92 Å². The molecule has 0 bridgehead atoms. The molecule has 0 spiro atoms. The van der Waals surface area contributed by atoms with Gasteiger partial charge >= 0.3 is 0 Å². The van der Waals surface area contributed by atoms with Crippen molar-refractivity contribution in [2.75, 3.05) is 5.32 Å². The van der Waals surface area contributed by atoms with Gasteiger partial charge in [0.25, 0.3) is 5.91 Å². The quantitative estimate of drug-likeness (QED) is 0.740. The molecule has 1 N–H and O–H groups in total. The van der Waals surface area contributed by atoms with E-state index < -0.39 is 0 Å². The first-order chi connectivity index (χ1) is 10.5. The highest BCUT2D eigenvalue weighted by Gasteiger charge is 2.16. The Morgan fingerprint density at radius 3 is 2.68 bits per heavy atom. The molecule has 0 aliphatic heterocycles. The molecule has 0 aliphatic rings. The zero-order chi connectivity index (χ0) is 15.9. The number of fused-ring (bicyclic) bond motifs is 1. The monoisotopic (exact) mass is 316 g/mol. The Morgan fingerprint density at radius 2 is 1.95 bits per heavy atom. The molecule has 3 rings (SSSR count). The minimum atomic E-state index is -0.342. The van der Waals surface area contributed by atoms with E-state index in [2.05, 4.69) is 5.32 Å². The largest absolute Gasteiger partial charge is 0.340 e. The van der Waals surface area contributed by atoms with Crippen molar-refractivity contribution < 1.29 is 9.18 Å². The Balaban J connectivity index is 2.01. The molecular weight excluding hydrogens is 303 g/mol. The molecule has 3 nitrogen and oxygen atoms in total. The summed E-state index contributed by atoms with van der Waals surface area (Å²) in [4.78, 5) is 12.5. The van der Waals surface area contributed by atoms with Crippen molar-refractivity contribution in [3.05, 3.63) is 64.6 Å². The molecule has 0 atom stereocenters. The van der Waals surface area contributed by atoms with E-state index in [1.807, 2.05) is 6.92 Å². The summed E-state index contributed by atoms with van der Waals surface area (Å²) in [6.45, 7) is 1.83. The van der Waals surface area contributed by atoms with Crippen LogP contribution in [0.4, 0.5) is 10.1 Å². The number of anilines is 1. The predicted molar refractivity (Wildman–Crippen MR) is 87.0 cm³/mol. The first kappa shape index (κ1) is 14.6. The summed E-state index contributed by atoms with van der Waals surface area (Å²) in [6.07, 6.45) is 0. The van der Waals surface area contributed by atoms with E-state index in [0.29, 0.717) is 27.3 Å². The van der Waals surface area contributed by atoms with Gasteiger partial charge in [-0.25, -0.2) is 4.39 Å². The molecule has 1 amide bonds. The highest BCUT2D eigenvalue weighted by Crippen LogP contribution is 2.25. The molecular formula is C17H14ClFN2O. The number of nitrogens with zero attached hydrogens (tertiary/aromatic N) is 1. The van der Waals surface area contributed by atoms with Gasteiger partial charge in [-0.1, -0.05) is 23.7 Å². The summed E-state index contributed by atoms with van der Waals surface area (Å²) < 4.78 is 15.5. The first-order valence-corrected chi connectivity index (χ1v) is 7.17. The van der Waals surface area contributed by atoms with Gasteiger partial charge in [-0.05, 0) is 42.8 Å². The maximum atomic E-state index is 13.8. The van der Waals surface area contributed by atoms with Crippen LogP contribution >= 0.6 is 11.6 Å². The molecule has 0 aliphatic carbocycles. The first-order valence-electron chi connectivity index (χ1n) is 6.79. The zero-order valence-electron chi connectivity index (χ0n) is 12.2. The summed E-state index contributed by atoms with van der Waals surface area (Å²) in [5.74, 6) is -0.644. The van der Waals surface area contributed by atoms with Crippen molar-refractivity contribution in [3.63, 3.8) is 0 Å². The Kier molecular flexibility index (Phi) is 3.62. The molecule has 0 unspecified atom stereocenters. The molecule has 22 heavy (non-hydrogen) atoms. The van der Waals surface area contributed by atoms with Crippen molar-refractivity contribution >= 4 is 34.1 Å². The van der Waals surface area contributed by atoms with Gasteiger partial charge in [0.1, 0.15) is 11.5 Å². The van der Waals surface area contributed by atoms with Crippen molar-refractivity contribution in [3.8, 4) is 0 Å². The lowest BCUT2D eigenvalue weighted by Crippen LogP contribution is -2.16. The lowest BCUT2D eigenvalue weighted by molar-refractivity contribution is 0.101. The third-order valence-electron chi connectivity index (χ3n) is 3.78. The van der Waals surface area contributed by atoms with Crippen molar-refractivity contribution in [1.29, 1.82) is 0 Å². The van der Waals surface area contributed by atoms with Gasteiger partial charge in [0, 0.05) is 23.1 Å². The van der Waals surface area contributed by atoms with Crippen LogP contribution in [0.5, 0.6) is 0 Å². The van der Waals surface area contributed by atoms with Crippen LogP contribution in [0.15, 0.2) is 42.5 Å². The molecule has 112 valence electrons. The number of nitrogens with one attached hydrogen (secondary N) is 1. The molecule has 0 saturated heterocycles. The van der Waals surface area contributed by atoms with E-state index in [1.54, 1.807) is 48.0 Å². The standard InChI is InChI=1S/C17H14ClFN2O/c1-10-12(18)5-3-7-14(10)20-17(22)16-9-11-13(19)6-4-8-15(11)21(16)2/h3-9H,1-2H3,(H,20,22). The Morgan fingerprint density at radius 1 is 1.23 bits per heavy atom. The number of halogens is 2. The van der Waals surface area contributed by atoms with Gasteiger partial charge in [0.15, 0.2) is 0 Å². The summed E-state index contributed by atoms with van der Waals surface area (Å²) in [5, 5.41) is 3.83. The van der Waals surface area contributed by atoms with E-state index in [-0.39, 0.29) is 11.7 Å². The molecule has 0 saturated carbocycles. The smallest absolute Gasteiger partial charge is 0.272 e. The lowest BCUT2D eigenvalue weighted by atomic mass is 10.2. The topological polar surface area (TPSA) is 34.0 Å². The van der Waals surface area contributed by atoms with Crippen LogP contribution in [-0.2, 0) is 7.05 Å². The van der Waals surface area contributed by atoms with Gasteiger partial charge in [0.05, 0.1) is 5.52 Å². The SMILES string of the molecule is Cc1c(Cl)cccc1NC(=O)c1cc2c(F)cccc2n1C. The third kappa shape index (κ3) is 2.35. The van der Waals surface area contributed by atoms with E-state index in [0.717, 1.165) is 5.56 Å². The van der Waals surface area contributed by atoms with Gasteiger partial charge in [0.2, 0.25) is 0 Å². The second-order valence-corrected chi connectivity index (χ2v) is 5.53. The fourth-order valence-electron chi connectivity index (χ4n) is 2.47. The maximum Gasteiger partial charge on any atom is 0.272 e. The maximum absolute atomic E-state index is 13.8. The van der Waals surface area contributed by atoms with Crippen LogP contribution < -0.4 is 5.32 Å². The molecule has 2 aromatic carbocycles. The zero-order valence-corrected chi connectivity index (χ0v) is 12.9.